The van der Waals surface area contributed by atoms with Gasteiger partial charge in [-0.2, -0.15) is 0 Å². The molecule has 2 aliphatic heterocycles. The fourth-order valence-electron chi connectivity index (χ4n) is 5.20. The topological polar surface area (TPSA) is 97.8 Å². The lowest BCUT2D eigenvalue weighted by Gasteiger charge is -2.29. The first-order valence-electron chi connectivity index (χ1n) is 12.4. The molecular formula is C29H30N2O7. The molecule has 0 aromatic heterocycles. The van der Waals surface area contributed by atoms with E-state index in [1.165, 1.54) is 0 Å². The Balaban J connectivity index is 1.46. The van der Waals surface area contributed by atoms with Crippen LogP contribution in [0.25, 0.3) is 0 Å². The molecule has 9 heteroatoms. The predicted octanol–water partition coefficient (Wildman–Crippen LogP) is 4.29. The predicted molar refractivity (Wildman–Crippen MR) is 138 cm³/mol. The zero-order valence-corrected chi connectivity index (χ0v) is 21.3. The Morgan fingerprint density at radius 3 is 2.42 bits per heavy atom. The maximum absolute atomic E-state index is 13.4. The lowest BCUT2D eigenvalue weighted by atomic mass is 9.90. The minimum atomic E-state index is -1.37. The molecule has 0 bridgehead atoms. The highest BCUT2D eigenvalue weighted by Gasteiger charge is 2.47. The number of likely N-dealkylation sites (N-methyl/N-ethyl adjacent to an activating group) is 1. The molecule has 0 unspecified atom stereocenters. The normalized spacial score (nSPS) is 20.2. The molecule has 3 atom stereocenters. The minimum Gasteiger partial charge on any atom is -0.497 e. The van der Waals surface area contributed by atoms with Gasteiger partial charge in [0.1, 0.15) is 11.9 Å². The molecule has 9 nitrogen and oxygen atoms in total. The molecule has 2 aliphatic rings. The lowest BCUT2D eigenvalue weighted by molar-refractivity contribution is -0.132. The van der Waals surface area contributed by atoms with Crippen molar-refractivity contribution in [1.82, 2.24) is 9.80 Å². The summed E-state index contributed by atoms with van der Waals surface area (Å²) < 4.78 is 21.9. The van der Waals surface area contributed by atoms with Gasteiger partial charge in [0.2, 0.25) is 12.7 Å². The third-order valence-electron chi connectivity index (χ3n) is 7.08. The number of carboxylic acid groups (broad SMARTS) is 1. The van der Waals surface area contributed by atoms with Gasteiger partial charge in [0, 0.05) is 26.1 Å². The van der Waals surface area contributed by atoms with E-state index in [2.05, 4.69) is 0 Å². The van der Waals surface area contributed by atoms with Crippen LogP contribution in [0.3, 0.4) is 0 Å². The first-order valence-corrected chi connectivity index (χ1v) is 12.4. The smallest absolute Gasteiger partial charge is 0.497 e. The number of hydrogen-bond acceptors (Lipinski definition) is 7. The van der Waals surface area contributed by atoms with Crippen molar-refractivity contribution in [3.63, 3.8) is 0 Å². The highest BCUT2D eigenvalue weighted by molar-refractivity contribution is 5.78. The molecule has 0 spiro atoms. The van der Waals surface area contributed by atoms with Gasteiger partial charge in [-0.3, -0.25) is 9.69 Å². The number of ether oxygens (including phenoxy) is 4. The van der Waals surface area contributed by atoms with E-state index in [0.717, 1.165) is 16.7 Å². The van der Waals surface area contributed by atoms with Gasteiger partial charge < -0.3 is 29.0 Å². The second-order valence-corrected chi connectivity index (χ2v) is 9.45. The SMILES string of the molecule is COc1ccc([C@@H]2[C@@H](OC(=O)O)[C@@H](c3ccc4c(c3)OCO4)CN2CC(=O)N(C)Cc2ccccc2)cc1. The van der Waals surface area contributed by atoms with Crippen molar-refractivity contribution in [3.8, 4) is 17.2 Å². The summed E-state index contributed by atoms with van der Waals surface area (Å²) in [7, 11) is 3.36. The number of benzene rings is 3. The van der Waals surface area contributed by atoms with Crippen LogP contribution in [0.15, 0.2) is 72.8 Å². The Hall–Kier alpha value is -4.24. The molecule has 1 saturated heterocycles. The lowest BCUT2D eigenvalue weighted by Crippen LogP contribution is -2.39. The number of hydrogen-bond donors (Lipinski definition) is 1. The van der Waals surface area contributed by atoms with E-state index in [1.54, 1.807) is 19.1 Å². The van der Waals surface area contributed by atoms with Crippen LogP contribution in [0, 0.1) is 0 Å². The minimum absolute atomic E-state index is 0.0761. The molecule has 2 heterocycles. The number of methoxy groups -OCH3 is 1. The van der Waals surface area contributed by atoms with Crippen molar-refractivity contribution in [1.29, 1.82) is 0 Å². The van der Waals surface area contributed by atoms with Gasteiger partial charge in [0.25, 0.3) is 0 Å². The van der Waals surface area contributed by atoms with E-state index < -0.39 is 18.3 Å². The zero-order valence-electron chi connectivity index (χ0n) is 21.3. The molecule has 1 fully saturated rings. The van der Waals surface area contributed by atoms with Gasteiger partial charge in [-0.15, -0.1) is 0 Å². The van der Waals surface area contributed by atoms with Crippen LogP contribution in [0.1, 0.15) is 28.7 Å². The van der Waals surface area contributed by atoms with E-state index in [9.17, 15) is 14.7 Å². The number of likely N-dealkylation sites (tertiary alicyclic amines) is 1. The van der Waals surface area contributed by atoms with Gasteiger partial charge >= 0.3 is 6.16 Å². The monoisotopic (exact) mass is 518 g/mol. The van der Waals surface area contributed by atoms with Crippen molar-refractivity contribution >= 4 is 12.1 Å². The summed E-state index contributed by atoms with van der Waals surface area (Å²) in [6.07, 6.45) is -2.12. The number of carbonyl (C=O) groups excluding carboxylic acids is 1. The maximum atomic E-state index is 13.4. The van der Waals surface area contributed by atoms with Crippen LogP contribution in [0.4, 0.5) is 4.79 Å². The van der Waals surface area contributed by atoms with Gasteiger partial charge in [-0.25, -0.2) is 4.79 Å². The Morgan fingerprint density at radius 1 is 1.00 bits per heavy atom. The Labute approximate surface area is 221 Å². The molecule has 38 heavy (non-hydrogen) atoms. The van der Waals surface area contributed by atoms with E-state index in [-0.39, 0.29) is 25.2 Å². The van der Waals surface area contributed by atoms with E-state index >= 15 is 0 Å². The fraction of sp³-hybridized carbons (Fsp3) is 0.310. The maximum Gasteiger partial charge on any atom is 0.506 e. The Kier molecular flexibility index (Phi) is 7.37. The second-order valence-electron chi connectivity index (χ2n) is 9.45. The molecule has 3 aromatic carbocycles. The number of rotatable bonds is 8. The van der Waals surface area contributed by atoms with Crippen molar-refractivity contribution in [2.24, 2.45) is 0 Å². The standard InChI is InChI=1S/C29H30N2O7/c1-30(15-19-6-4-3-5-7-19)26(32)17-31-16-23(21-10-13-24-25(14-21)37-18-36-24)28(38-29(33)34)27(31)20-8-11-22(35-2)12-9-20/h3-14,23,27-28H,15-18H2,1-2H3,(H,33,34)/t23-,27-,28+/m1/s1. The van der Waals surface area contributed by atoms with E-state index in [1.807, 2.05) is 77.7 Å². The van der Waals surface area contributed by atoms with Crippen LogP contribution in [-0.4, -0.2) is 67.1 Å². The van der Waals surface area contributed by atoms with E-state index in [4.69, 9.17) is 18.9 Å². The summed E-state index contributed by atoms with van der Waals surface area (Å²) in [6, 6.07) is 22.3. The van der Waals surface area contributed by atoms with Gasteiger partial charge in [0.05, 0.1) is 19.7 Å². The largest absolute Gasteiger partial charge is 0.506 e. The third-order valence-corrected chi connectivity index (χ3v) is 7.08. The van der Waals surface area contributed by atoms with E-state index in [0.29, 0.717) is 30.3 Å². The van der Waals surface area contributed by atoms with Crippen LogP contribution in [0.5, 0.6) is 17.2 Å². The molecule has 0 radical (unpaired) electrons. The van der Waals surface area contributed by atoms with Crippen molar-refractivity contribution in [2.75, 3.05) is 34.0 Å². The summed E-state index contributed by atoms with van der Waals surface area (Å²) in [5.74, 6) is 1.52. The zero-order chi connectivity index (χ0) is 26.6. The second kappa shape index (κ2) is 11.0. The summed E-state index contributed by atoms with van der Waals surface area (Å²) >= 11 is 0. The van der Waals surface area contributed by atoms with Crippen LogP contribution in [0.2, 0.25) is 0 Å². The molecule has 198 valence electrons. The van der Waals surface area contributed by atoms with Crippen LogP contribution in [-0.2, 0) is 16.1 Å². The first kappa shape index (κ1) is 25.4. The van der Waals surface area contributed by atoms with Crippen LogP contribution < -0.4 is 14.2 Å². The van der Waals surface area contributed by atoms with Crippen molar-refractivity contribution < 1.29 is 33.6 Å². The summed E-state index contributed by atoms with van der Waals surface area (Å²) in [4.78, 5) is 28.9. The first-order chi connectivity index (χ1) is 18.4. The summed E-state index contributed by atoms with van der Waals surface area (Å²) in [5, 5.41) is 9.68. The van der Waals surface area contributed by atoms with Crippen LogP contribution >= 0.6 is 0 Å². The van der Waals surface area contributed by atoms with Gasteiger partial charge in [-0.05, 0) is 41.0 Å². The molecule has 0 aliphatic carbocycles. The number of nitrogens with zero attached hydrogens (tertiary/aromatic N) is 2. The average molecular weight is 519 g/mol. The molecular weight excluding hydrogens is 488 g/mol. The Bertz CT molecular complexity index is 1280. The molecule has 3 aromatic rings. The molecule has 0 saturated carbocycles. The van der Waals surface area contributed by atoms with Crippen molar-refractivity contribution in [3.05, 3.63) is 89.5 Å². The molecule has 5 rings (SSSR count). The highest BCUT2D eigenvalue weighted by atomic mass is 16.7. The van der Waals surface area contributed by atoms with Gasteiger partial charge in [-0.1, -0.05) is 48.5 Å². The summed E-state index contributed by atoms with van der Waals surface area (Å²) in [6.45, 7) is 1.13. The van der Waals surface area contributed by atoms with Gasteiger partial charge in [0.15, 0.2) is 11.5 Å². The molecule has 1 N–H and O–H groups in total. The van der Waals surface area contributed by atoms with Crippen molar-refractivity contribution in [2.45, 2.75) is 24.6 Å². The number of amides is 1. The number of carbonyl (C=O) groups is 2. The summed E-state index contributed by atoms with van der Waals surface area (Å²) in [5.41, 5.74) is 2.72. The average Bonchev–Trinajstić information content (AvgIpc) is 3.53. The highest BCUT2D eigenvalue weighted by Crippen LogP contribution is 2.45. The Morgan fingerprint density at radius 2 is 1.71 bits per heavy atom. The number of fused-ring (bicyclic) bond motifs is 1. The fourth-order valence-corrected chi connectivity index (χ4v) is 5.20. The quantitative estimate of drug-likeness (QED) is 0.441. The molecule has 1 amide bonds. The third kappa shape index (κ3) is 5.38.